The van der Waals surface area contributed by atoms with E-state index in [4.69, 9.17) is 5.11 Å². The number of rotatable bonds is 5. The Labute approximate surface area is 124 Å². The van der Waals surface area contributed by atoms with E-state index in [9.17, 15) is 31.1 Å². The Morgan fingerprint density at radius 2 is 1.55 bits per heavy atom. The van der Waals surface area contributed by atoms with Crippen LogP contribution in [0, 0.1) is 0 Å². The van der Waals surface area contributed by atoms with E-state index < -0.39 is 40.4 Å². The molecule has 3 nitrogen and oxygen atoms in total. The molecule has 0 saturated carbocycles. The van der Waals surface area contributed by atoms with Gasteiger partial charge in [-0.3, -0.25) is 4.79 Å². The average Bonchev–Trinajstić information content (AvgIpc) is 2.25. The second kappa shape index (κ2) is 6.24. The summed E-state index contributed by atoms with van der Waals surface area (Å²) in [6, 6.07) is 0. The van der Waals surface area contributed by atoms with Gasteiger partial charge in [-0.15, -0.1) is 0 Å². The molecule has 0 aromatic carbocycles. The number of carbonyl (C=O) groups is 1. The van der Waals surface area contributed by atoms with Crippen LogP contribution in [0.3, 0.4) is 0 Å². The zero-order chi connectivity index (χ0) is 16.4. The van der Waals surface area contributed by atoms with E-state index in [0.717, 1.165) is 0 Å². The predicted molar refractivity (Wildman–Crippen MR) is 65.4 cm³/mol. The fourth-order valence-electron chi connectivity index (χ4n) is 1.03. The van der Waals surface area contributed by atoms with Crippen molar-refractivity contribution in [2.45, 2.75) is 48.1 Å². The molecule has 0 bridgehead atoms. The van der Waals surface area contributed by atoms with Gasteiger partial charge in [0.25, 0.3) is 5.60 Å². The number of aliphatic hydroxyl groups is 1. The third kappa shape index (κ3) is 4.37. The van der Waals surface area contributed by atoms with Crippen LogP contribution in [0.25, 0.3) is 0 Å². The van der Waals surface area contributed by atoms with Gasteiger partial charge in [-0.2, -0.15) is 26.3 Å². The first-order chi connectivity index (χ1) is 8.69. The standard InChI is InChI=1S/C10H13F6IO3/c1-3-7(2,17)6(18)20-5-4-8(19,9(11,12)13)10(14,15)16/h19H,3-5H2,1-2H3. The fourth-order valence-corrected chi connectivity index (χ4v) is 1.19. The Hall–Kier alpha value is -0.260. The lowest BCUT2D eigenvalue weighted by Crippen LogP contribution is -2.57. The molecule has 0 fully saturated rings. The first-order valence-electron chi connectivity index (χ1n) is 5.41. The number of ether oxygens (including phenoxy) is 1. The number of alkyl halides is 7. The Bertz CT molecular complexity index is 336. The second-order valence-corrected chi connectivity index (χ2v) is 6.67. The van der Waals surface area contributed by atoms with Gasteiger partial charge in [0, 0.05) is 6.42 Å². The minimum atomic E-state index is -5.91. The van der Waals surface area contributed by atoms with Crippen LogP contribution >= 0.6 is 22.6 Å². The lowest BCUT2D eigenvalue weighted by atomic mass is 9.99. The summed E-state index contributed by atoms with van der Waals surface area (Å²) in [6.07, 6.45) is -13.3. The summed E-state index contributed by atoms with van der Waals surface area (Å²) in [5.41, 5.74) is -4.89. The zero-order valence-corrected chi connectivity index (χ0v) is 12.7. The molecule has 0 heterocycles. The van der Waals surface area contributed by atoms with Crippen LogP contribution in [0.5, 0.6) is 0 Å². The number of hydrogen-bond acceptors (Lipinski definition) is 3. The third-order valence-corrected chi connectivity index (χ3v) is 3.93. The molecule has 0 rings (SSSR count). The molecule has 0 aliphatic rings. The lowest BCUT2D eigenvalue weighted by molar-refractivity contribution is -0.371. The molecule has 120 valence electrons. The molecule has 0 radical (unpaired) electrons. The summed E-state index contributed by atoms with van der Waals surface area (Å²) < 4.78 is 77.2. The van der Waals surface area contributed by atoms with Crippen molar-refractivity contribution in [2.24, 2.45) is 0 Å². The Morgan fingerprint density at radius 3 is 1.85 bits per heavy atom. The maximum Gasteiger partial charge on any atom is 0.426 e. The maximum absolute atomic E-state index is 12.3. The molecule has 0 aromatic heterocycles. The van der Waals surface area contributed by atoms with Crippen molar-refractivity contribution < 1.29 is 41.0 Å². The van der Waals surface area contributed by atoms with E-state index in [-0.39, 0.29) is 6.42 Å². The summed E-state index contributed by atoms with van der Waals surface area (Å²) in [6.45, 7) is 1.85. The van der Waals surface area contributed by atoms with Crippen LogP contribution in [-0.4, -0.2) is 39.1 Å². The predicted octanol–water partition coefficient (Wildman–Crippen LogP) is 3.38. The summed E-state index contributed by atoms with van der Waals surface area (Å²) >= 11 is 1.68. The van der Waals surface area contributed by atoms with Crippen LogP contribution in [0.15, 0.2) is 0 Å². The smallest absolute Gasteiger partial charge is 0.426 e. The molecule has 1 atom stereocenters. The van der Waals surface area contributed by atoms with Gasteiger partial charge in [-0.1, -0.05) is 29.5 Å². The first kappa shape index (κ1) is 19.7. The summed E-state index contributed by atoms with van der Waals surface area (Å²) in [7, 11) is 0. The molecule has 0 saturated heterocycles. The van der Waals surface area contributed by atoms with Gasteiger partial charge in [0.15, 0.2) is 0 Å². The molecule has 0 amide bonds. The van der Waals surface area contributed by atoms with Crippen LogP contribution in [0.1, 0.15) is 26.7 Å². The van der Waals surface area contributed by atoms with E-state index in [1.807, 2.05) is 0 Å². The van der Waals surface area contributed by atoms with Crippen LogP contribution in [-0.2, 0) is 9.53 Å². The van der Waals surface area contributed by atoms with Crippen LogP contribution in [0.4, 0.5) is 26.3 Å². The highest BCUT2D eigenvalue weighted by atomic mass is 127. The van der Waals surface area contributed by atoms with Crippen molar-refractivity contribution in [1.29, 1.82) is 0 Å². The summed E-state index contributed by atoms with van der Waals surface area (Å²) in [5.74, 6) is -0.938. The molecule has 10 heteroatoms. The van der Waals surface area contributed by atoms with Crippen molar-refractivity contribution in [1.82, 2.24) is 0 Å². The summed E-state index contributed by atoms with van der Waals surface area (Å²) in [5, 5.41) is 8.81. The molecule has 20 heavy (non-hydrogen) atoms. The molecule has 0 aliphatic heterocycles. The van der Waals surface area contributed by atoms with Gasteiger partial charge in [0.1, 0.15) is 3.42 Å². The maximum atomic E-state index is 12.3. The number of halogens is 7. The van der Waals surface area contributed by atoms with Crippen molar-refractivity contribution >= 4 is 28.6 Å². The highest BCUT2D eigenvalue weighted by Gasteiger charge is 2.70. The molecular formula is C10H13F6IO3. The van der Waals surface area contributed by atoms with Crippen molar-refractivity contribution in [3.8, 4) is 0 Å². The van der Waals surface area contributed by atoms with Crippen LogP contribution in [0.2, 0.25) is 0 Å². The highest BCUT2D eigenvalue weighted by molar-refractivity contribution is 14.1. The molecule has 0 aromatic rings. The zero-order valence-electron chi connectivity index (χ0n) is 10.5. The first-order valence-corrected chi connectivity index (χ1v) is 6.49. The molecule has 0 spiro atoms. The average molecular weight is 422 g/mol. The quantitative estimate of drug-likeness (QED) is 0.320. The number of esters is 1. The molecule has 1 unspecified atom stereocenters. The monoisotopic (exact) mass is 422 g/mol. The second-order valence-electron chi connectivity index (χ2n) is 4.29. The van der Waals surface area contributed by atoms with E-state index in [1.165, 1.54) is 6.92 Å². The lowest BCUT2D eigenvalue weighted by Gasteiger charge is -2.32. The highest BCUT2D eigenvalue weighted by Crippen LogP contribution is 2.45. The Morgan fingerprint density at radius 1 is 1.15 bits per heavy atom. The van der Waals surface area contributed by atoms with Gasteiger partial charge < -0.3 is 9.84 Å². The van der Waals surface area contributed by atoms with E-state index >= 15 is 0 Å². The van der Waals surface area contributed by atoms with E-state index in [1.54, 1.807) is 29.5 Å². The van der Waals surface area contributed by atoms with E-state index in [2.05, 4.69) is 4.74 Å². The van der Waals surface area contributed by atoms with Gasteiger partial charge in [-0.25, -0.2) is 0 Å². The molecule has 0 aliphatic carbocycles. The molecule has 1 N–H and O–H groups in total. The fraction of sp³-hybridized carbons (Fsp3) is 0.900. The molecular weight excluding hydrogens is 409 g/mol. The number of carbonyl (C=O) groups excluding carboxylic acids is 1. The largest absolute Gasteiger partial charge is 0.465 e. The van der Waals surface area contributed by atoms with Gasteiger partial charge in [-0.05, 0) is 13.3 Å². The number of hydrogen-bond donors (Lipinski definition) is 1. The topological polar surface area (TPSA) is 46.5 Å². The normalized spacial score (nSPS) is 16.7. The minimum absolute atomic E-state index is 0.287. The minimum Gasteiger partial charge on any atom is -0.465 e. The van der Waals surface area contributed by atoms with Crippen LogP contribution < -0.4 is 0 Å². The Kier molecular flexibility index (Phi) is 6.16. The Balaban J connectivity index is 4.81. The van der Waals surface area contributed by atoms with Gasteiger partial charge >= 0.3 is 18.3 Å². The SMILES string of the molecule is CCC(C)(I)C(=O)OCCC(O)(C(F)(F)F)C(F)(F)F. The summed E-state index contributed by atoms with van der Waals surface area (Å²) in [4.78, 5) is 11.4. The third-order valence-electron chi connectivity index (χ3n) is 2.72. The van der Waals surface area contributed by atoms with Gasteiger partial charge in [0.05, 0.1) is 6.61 Å². The van der Waals surface area contributed by atoms with Crippen molar-refractivity contribution in [3.05, 3.63) is 0 Å². The van der Waals surface area contributed by atoms with Crippen molar-refractivity contribution in [3.63, 3.8) is 0 Å². The van der Waals surface area contributed by atoms with Crippen molar-refractivity contribution in [2.75, 3.05) is 6.61 Å². The van der Waals surface area contributed by atoms with E-state index in [0.29, 0.717) is 0 Å². The van der Waals surface area contributed by atoms with Gasteiger partial charge in [0.2, 0.25) is 0 Å².